The highest BCUT2D eigenvalue weighted by Gasteiger charge is 2.49. The Hall–Kier alpha value is -7.07. The van der Waals surface area contributed by atoms with Gasteiger partial charge in [0.15, 0.2) is 0 Å². The molecule has 404 valence electrons. The molecule has 2 unspecified atom stereocenters. The van der Waals surface area contributed by atoms with Crippen LogP contribution in [0.1, 0.15) is 106 Å². The van der Waals surface area contributed by atoms with Gasteiger partial charge in [-0.05, 0) is 111 Å². The van der Waals surface area contributed by atoms with Crippen molar-refractivity contribution in [2.75, 3.05) is 66.3 Å². The largest absolute Gasteiger partial charge is 0.480 e. The molecule has 5 amide bonds. The Kier molecular flexibility index (Phi) is 12.6. The molecular weight excluding hydrogens is 1010 g/mol. The van der Waals surface area contributed by atoms with Gasteiger partial charge in [-0.25, -0.2) is 19.5 Å². The topological polar surface area (TPSA) is 257 Å². The Balaban J connectivity index is 0.721. The minimum Gasteiger partial charge on any atom is -0.480 e. The van der Waals surface area contributed by atoms with Crippen molar-refractivity contribution in [3.63, 3.8) is 0 Å². The number of rotatable bonds is 13. The summed E-state index contributed by atoms with van der Waals surface area (Å²) in [4.78, 5) is 110. The van der Waals surface area contributed by atoms with E-state index in [1.54, 1.807) is 53.7 Å². The molecule has 23 heteroatoms. The van der Waals surface area contributed by atoms with Crippen molar-refractivity contribution in [1.82, 2.24) is 34.2 Å². The van der Waals surface area contributed by atoms with Crippen LogP contribution in [0.4, 0.5) is 28.7 Å². The number of hydrogen-bond donors (Lipinski definition) is 4. The molecule has 0 bridgehead atoms. The van der Waals surface area contributed by atoms with Crippen LogP contribution in [0.3, 0.4) is 0 Å². The molecule has 22 nitrogen and oxygen atoms in total. The number of amides is 5. The van der Waals surface area contributed by atoms with Crippen LogP contribution in [-0.4, -0.2) is 149 Å². The van der Waals surface area contributed by atoms with E-state index >= 15 is 0 Å². The number of phosphoric acid groups is 1. The number of carbonyl (C=O) groups excluding carboxylic acids is 5. The number of piperidine rings is 2. The van der Waals surface area contributed by atoms with Gasteiger partial charge >= 0.3 is 7.82 Å². The number of fused-ring (bicyclic) bond motifs is 4. The highest BCUT2D eigenvalue weighted by Crippen LogP contribution is 2.43. The van der Waals surface area contributed by atoms with E-state index in [9.17, 15) is 43.4 Å². The number of ether oxygens (including phenoxy) is 1. The normalized spacial score (nSPS) is 22.2. The number of benzene rings is 1. The zero-order valence-electron chi connectivity index (χ0n) is 46.1. The molecule has 1 aromatic carbocycles. The van der Waals surface area contributed by atoms with Gasteiger partial charge in [-0.2, -0.15) is 0 Å². The number of phosphoric ester groups is 1. The fourth-order valence-corrected chi connectivity index (χ4v) is 12.9. The van der Waals surface area contributed by atoms with E-state index in [0.29, 0.717) is 71.1 Å². The first kappa shape index (κ1) is 48.3. The molecule has 0 radical (unpaired) electrons. The third-order valence-corrected chi connectivity index (χ3v) is 16.5. The molecular formula is C54H62N11O11P. The number of likely N-dealkylation sites (tertiary alicyclic amines) is 1. The summed E-state index contributed by atoms with van der Waals surface area (Å²) in [6.45, 7) is 12.0. The van der Waals surface area contributed by atoms with Gasteiger partial charge in [-0.3, -0.25) is 48.1 Å². The first-order valence-corrected chi connectivity index (χ1v) is 27.4. The Morgan fingerprint density at radius 1 is 0.857 bits per heavy atom. The number of anilines is 5. The van der Waals surface area contributed by atoms with Crippen molar-refractivity contribution < 1.29 is 56.8 Å². The molecule has 4 aromatic heterocycles. The predicted octanol–water partition coefficient (Wildman–Crippen LogP) is 5.12. The van der Waals surface area contributed by atoms with E-state index in [4.69, 9.17) is 13.8 Å². The van der Waals surface area contributed by atoms with Crippen LogP contribution < -0.4 is 24.8 Å². The van der Waals surface area contributed by atoms with Crippen LogP contribution in [-0.2, 0) is 44.7 Å². The van der Waals surface area contributed by atoms with Gasteiger partial charge in [-0.1, -0.05) is 13.8 Å². The van der Waals surface area contributed by atoms with Crippen molar-refractivity contribution in [2.24, 2.45) is 5.41 Å². The summed E-state index contributed by atoms with van der Waals surface area (Å²) in [6.07, 6.45) is 6.29. The summed E-state index contributed by atoms with van der Waals surface area (Å²) in [5.74, 6) is -2.71. The number of nitrogens with zero attached hydrogens (tertiary/aromatic N) is 10. The Bertz CT molecular complexity index is 3380. The van der Waals surface area contributed by atoms with E-state index in [-0.39, 0.29) is 52.9 Å². The van der Waals surface area contributed by atoms with Crippen LogP contribution in [0.15, 0.2) is 67.1 Å². The van der Waals surface area contributed by atoms with Gasteiger partial charge < -0.3 is 39.3 Å². The fourth-order valence-electron chi connectivity index (χ4n) is 12.4. The molecule has 77 heavy (non-hydrogen) atoms. The number of nitrogens with one attached hydrogen (secondary N) is 1. The lowest BCUT2D eigenvalue weighted by Gasteiger charge is -2.46. The first-order valence-electron chi connectivity index (χ1n) is 27.4. The van der Waals surface area contributed by atoms with Crippen LogP contribution in [0, 0.1) is 5.41 Å². The average molecular weight is 1080 g/mol. The molecule has 0 spiro atoms. The van der Waals surface area contributed by atoms with Crippen molar-refractivity contribution in [3.8, 4) is 17.0 Å². The molecule has 5 aromatic rings. The van der Waals surface area contributed by atoms with E-state index in [0.717, 1.165) is 68.5 Å². The number of carbonyl (C=O) groups is 5. The van der Waals surface area contributed by atoms with E-state index < -0.39 is 57.4 Å². The minimum absolute atomic E-state index is 0.124. The number of aromatic nitrogens is 4. The molecule has 3 saturated heterocycles. The van der Waals surface area contributed by atoms with Crippen LogP contribution >= 0.6 is 7.82 Å². The van der Waals surface area contributed by atoms with Crippen LogP contribution in [0.2, 0.25) is 0 Å². The molecule has 1 aliphatic carbocycles. The lowest BCUT2D eigenvalue weighted by atomic mass is 9.90. The average Bonchev–Trinajstić information content (AvgIpc) is 4.04. The highest BCUT2D eigenvalue weighted by atomic mass is 31.2. The molecule has 4 N–H and O–H groups in total. The summed E-state index contributed by atoms with van der Waals surface area (Å²) in [5, 5.41) is 14.1. The van der Waals surface area contributed by atoms with E-state index in [2.05, 4.69) is 59.8 Å². The zero-order valence-corrected chi connectivity index (χ0v) is 44.0. The van der Waals surface area contributed by atoms with Crippen molar-refractivity contribution in [3.05, 3.63) is 101 Å². The zero-order chi connectivity index (χ0) is 56.7. The molecule has 3 atom stereocenters. The van der Waals surface area contributed by atoms with Gasteiger partial charge in [0.1, 0.15) is 35.3 Å². The molecule has 5 aliphatic heterocycles. The standard InChI is InChI=1S/C54H62N11O11P/c1-31-29-60(35-13-16-59(17-14-35)36-6-8-39-40(24-36)51(69)65(50(39)68)43-9-11-47(67)64(53(43)71)32(2)76-77(72,73)74)18-19-61(31)37-7-10-46(56-28-37)58-42-22-34(27-57-49(42)75-5)38-12-15-55-48(41(38)30-66)63-21-20-62-44(52(63)70)23-33-25-54(3,4)26-45(33)62/h6-8,10,12,15,22-24,27-28,31-32,35,43,66H,9,11,13-14,16-21,25-26,29-30H2,1-5H3,(H,56,58)(H2,72,73,74)/t31-,32?,43?/m0/s1/i5D3. The third kappa shape index (κ3) is 9.64. The maximum absolute atomic E-state index is 14.1. The number of aliphatic hydroxyl groups excluding tert-OH is 1. The second-order valence-electron chi connectivity index (χ2n) is 21.5. The van der Waals surface area contributed by atoms with Crippen molar-refractivity contribution in [2.45, 2.75) is 104 Å². The fraction of sp³-hybridized carbons (Fsp3) is 0.444. The molecule has 0 saturated carbocycles. The summed E-state index contributed by atoms with van der Waals surface area (Å²) in [7, 11) is -7.89. The second kappa shape index (κ2) is 20.1. The van der Waals surface area contributed by atoms with Crippen molar-refractivity contribution >= 4 is 66.1 Å². The Morgan fingerprint density at radius 3 is 2.36 bits per heavy atom. The lowest BCUT2D eigenvalue weighted by molar-refractivity contribution is -0.161. The van der Waals surface area contributed by atoms with Gasteiger partial charge in [0.2, 0.25) is 11.8 Å². The molecule has 11 rings (SSSR count). The smallest absolute Gasteiger partial charge is 0.471 e. The number of imide groups is 2. The number of piperazine rings is 1. The van der Waals surface area contributed by atoms with Gasteiger partial charge in [0, 0.05) is 99.2 Å². The summed E-state index contributed by atoms with van der Waals surface area (Å²) >= 11 is 0. The summed E-state index contributed by atoms with van der Waals surface area (Å²) in [6, 6.07) is 13.2. The number of hydrogen-bond acceptors (Lipinski definition) is 16. The minimum atomic E-state index is -5.07. The van der Waals surface area contributed by atoms with Gasteiger partial charge in [-0.15, -0.1) is 0 Å². The maximum Gasteiger partial charge on any atom is 0.471 e. The summed E-state index contributed by atoms with van der Waals surface area (Å²) < 4.78 is 47.1. The molecule has 9 heterocycles. The van der Waals surface area contributed by atoms with E-state index in [1.807, 2.05) is 12.1 Å². The van der Waals surface area contributed by atoms with Crippen molar-refractivity contribution in [1.29, 1.82) is 0 Å². The highest BCUT2D eigenvalue weighted by molar-refractivity contribution is 7.46. The number of pyridine rings is 3. The Morgan fingerprint density at radius 2 is 1.64 bits per heavy atom. The number of aliphatic hydroxyl groups is 1. The molecule has 3 fully saturated rings. The van der Waals surface area contributed by atoms with E-state index in [1.165, 1.54) is 17.5 Å². The monoisotopic (exact) mass is 1070 g/mol. The summed E-state index contributed by atoms with van der Waals surface area (Å²) in [5.41, 5.74) is 6.76. The van der Waals surface area contributed by atoms with Gasteiger partial charge in [0.25, 0.3) is 23.6 Å². The van der Waals surface area contributed by atoms with Crippen LogP contribution in [0.25, 0.3) is 11.1 Å². The quantitative estimate of drug-likeness (QED) is 0.0882. The Labute approximate surface area is 449 Å². The maximum atomic E-state index is 14.1. The van der Waals surface area contributed by atoms with Gasteiger partial charge in [0.05, 0.1) is 40.8 Å². The lowest BCUT2D eigenvalue weighted by Crippen LogP contribution is -2.58. The SMILES string of the molecule is [2H]C([2H])([2H])Oc1ncc(-c2ccnc(N3CCn4c(cc5c4CC(C)(C)C5)C3=O)c2CO)cc1Nc1ccc(N2CCN(C3CCN(c4ccc5c(c4)C(=O)N(C4CCC(=O)N(C(C)OP(=O)(O)O)C4=O)C5=O)CC3)C[C@@H]2C)cn1. The first-order chi connectivity index (χ1) is 38.0. The second-order valence-corrected chi connectivity index (χ2v) is 22.7. The number of methoxy groups -OCH3 is 1. The third-order valence-electron chi connectivity index (χ3n) is 16.0. The predicted molar refractivity (Wildman–Crippen MR) is 283 cm³/mol. The molecule has 6 aliphatic rings. The van der Waals surface area contributed by atoms with Crippen LogP contribution in [0.5, 0.6) is 5.88 Å².